The smallest absolute Gasteiger partial charge is 0.330 e. The topological polar surface area (TPSA) is 71.3 Å². The zero-order valence-electron chi connectivity index (χ0n) is 14.0. The summed E-state index contributed by atoms with van der Waals surface area (Å²) in [5.74, 6) is -1.57. The van der Waals surface area contributed by atoms with Crippen molar-refractivity contribution in [3.05, 3.63) is 90.3 Å². The lowest BCUT2D eigenvalue weighted by Crippen LogP contribution is -2.44. The van der Waals surface area contributed by atoms with E-state index in [4.69, 9.17) is 0 Å². The van der Waals surface area contributed by atoms with Crippen LogP contribution in [0.4, 0.5) is 0 Å². The van der Waals surface area contributed by atoms with E-state index >= 15 is 0 Å². The summed E-state index contributed by atoms with van der Waals surface area (Å²) in [6.07, 6.45) is 4.24. The van der Waals surface area contributed by atoms with Gasteiger partial charge in [0.15, 0.2) is 0 Å². The van der Waals surface area contributed by atoms with E-state index in [0.717, 1.165) is 11.3 Å². The maximum Gasteiger partial charge on any atom is 0.330 e. The van der Waals surface area contributed by atoms with Crippen molar-refractivity contribution in [3.63, 3.8) is 0 Å². The molecule has 26 heavy (non-hydrogen) atoms. The summed E-state index contributed by atoms with van der Waals surface area (Å²) < 4.78 is 1.94. The van der Waals surface area contributed by atoms with E-state index in [0.29, 0.717) is 12.0 Å². The normalized spacial score (nSPS) is 21.2. The SMILES string of the molecule is O=C(NC1(C(=O)O)CC1c1ccccc1)c1ccc(-n2cccc2)cc1. The van der Waals surface area contributed by atoms with Gasteiger partial charge in [-0.1, -0.05) is 30.3 Å². The third kappa shape index (κ3) is 2.77. The van der Waals surface area contributed by atoms with Gasteiger partial charge in [0, 0.05) is 29.6 Å². The minimum Gasteiger partial charge on any atom is -0.479 e. The lowest BCUT2D eigenvalue weighted by atomic mass is 10.1. The van der Waals surface area contributed by atoms with Crippen LogP contribution in [0.25, 0.3) is 5.69 Å². The van der Waals surface area contributed by atoms with Crippen LogP contribution in [-0.2, 0) is 4.79 Å². The Morgan fingerprint density at radius 2 is 1.62 bits per heavy atom. The van der Waals surface area contributed by atoms with Crippen molar-refractivity contribution in [2.45, 2.75) is 17.9 Å². The molecule has 1 heterocycles. The van der Waals surface area contributed by atoms with Gasteiger partial charge in [0.1, 0.15) is 5.54 Å². The number of hydrogen-bond donors (Lipinski definition) is 2. The van der Waals surface area contributed by atoms with Crippen LogP contribution in [0.15, 0.2) is 79.1 Å². The van der Waals surface area contributed by atoms with Crippen LogP contribution in [0, 0.1) is 0 Å². The summed E-state index contributed by atoms with van der Waals surface area (Å²) in [5, 5.41) is 12.4. The first-order valence-corrected chi connectivity index (χ1v) is 8.44. The van der Waals surface area contributed by atoms with Crippen LogP contribution in [0.3, 0.4) is 0 Å². The second kappa shape index (κ2) is 6.19. The fourth-order valence-electron chi connectivity index (χ4n) is 3.35. The second-order valence-electron chi connectivity index (χ2n) is 6.54. The molecule has 4 rings (SSSR count). The number of benzene rings is 2. The van der Waals surface area contributed by atoms with Crippen molar-refractivity contribution < 1.29 is 14.7 Å². The monoisotopic (exact) mass is 346 g/mol. The summed E-state index contributed by atoms with van der Waals surface area (Å²) in [7, 11) is 0. The zero-order chi connectivity index (χ0) is 18.1. The highest BCUT2D eigenvalue weighted by Gasteiger charge is 2.62. The molecule has 1 aromatic heterocycles. The molecule has 0 aliphatic heterocycles. The number of carbonyl (C=O) groups is 2. The molecular formula is C21H18N2O3. The molecule has 1 aliphatic carbocycles. The molecule has 1 amide bonds. The van der Waals surface area contributed by atoms with Crippen molar-refractivity contribution in [2.24, 2.45) is 0 Å². The summed E-state index contributed by atoms with van der Waals surface area (Å²) in [6, 6.07) is 20.4. The van der Waals surface area contributed by atoms with Crippen LogP contribution in [-0.4, -0.2) is 27.1 Å². The molecule has 0 spiro atoms. The maximum absolute atomic E-state index is 12.6. The molecule has 5 nitrogen and oxygen atoms in total. The van der Waals surface area contributed by atoms with Gasteiger partial charge in [-0.3, -0.25) is 4.79 Å². The van der Waals surface area contributed by atoms with E-state index in [2.05, 4.69) is 5.32 Å². The predicted octanol–water partition coefficient (Wildman–Crippen LogP) is 3.22. The minimum atomic E-state index is -1.22. The predicted molar refractivity (Wildman–Crippen MR) is 97.4 cm³/mol. The molecule has 2 N–H and O–H groups in total. The van der Waals surface area contributed by atoms with Gasteiger partial charge >= 0.3 is 5.97 Å². The molecule has 1 aliphatic rings. The van der Waals surface area contributed by atoms with E-state index in [1.165, 1.54) is 0 Å². The Balaban J connectivity index is 1.52. The van der Waals surface area contributed by atoms with Gasteiger partial charge in [-0.05, 0) is 48.4 Å². The largest absolute Gasteiger partial charge is 0.479 e. The van der Waals surface area contributed by atoms with Crippen LogP contribution in [0.2, 0.25) is 0 Å². The number of carboxylic acids is 1. The van der Waals surface area contributed by atoms with E-state index < -0.39 is 11.5 Å². The maximum atomic E-state index is 12.6. The number of nitrogens with zero attached hydrogens (tertiary/aromatic N) is 1. The lowest BCUT2D eigenvalue weighted by molar-refractivity contribution is -0.140. The Labute approximate surface area is 150 Å². The lowest BCUT2D eigenvalue weighted by Gasteiger charge is -2.15. The van der Waals surface area contributed by atoms with Crippen LogP contribution < -0.4 is 5.32 Å². The van der Waals surface area contributed by atoms with Gasteiger partial charge in [0.2, 0.25) is 0 Å². The first kappa shape index (κ1) is 16.1. The molecule has 0 bridgehead atoms. The van der Waals surface area contributed by atoms with Crippen molar-refractivity contribution >= 4 is 11.9 Å². The van der Waals surface area contributed by atoms with Gasteiger partial charge in [-0.15, -0.1) is 0 Å². The van der Waals surface area contributed by atoms with Crippen LogP contribution in [0.5, 0.6) is 0 Å². The van der Waals surface area contributed by atoms with Crippen molar-refractivity contribution in [1.29, 1.82) is 0 Å². The van der Waals surface area contributed by atoms with Gasteiger partial charge < -0.3 is 15.0 Å². The van der Waals surface area contributed by atoms with Crippen LogP contribution >= 0.6 is 0 Å². The summed E-state index contributed by atoms with van der Waals surface area (Å²) in [5.41, 5.74) is 1.09. The Morgan fingerprint density at radius 1 is 0.962 bits per heavy atom. The number of hydrogen-bond acceptors (Lipinski definition) is 2. The Morgan fingerprint density at radius 3 is 2.23 bits per heavy atom. The Hall–Kier alpha value is -3.34. The number of rotatable bonds is 5. The summed E-state index contributed by atoms with van der Waals surface area (Å²) in [4.78, 5) is 24.4. The van der Waals surface area contributed by atoms with Crippen molar-refractivity contribution in [2.75, 3.05) is 0 Å². The molecule has 1 fully saturated rings. The highest BCUT2D eigenvalue weighted by Crippen LogP contribution is 2.51. The van der Waals surface area contributed by atoms with Crippen molar-refractivity contribution in [1.82, 2.24) is 9.88 Å². The van der Waals surface area contributed by atoms with E-state index in [9.17, 15) is 14.7 Å². The van der Waals surface area contributed by atoms with Gasteiger partial charge in [0.25, 0.3) is 5.91 Å². The number of amides is 1. The number of nitrogens with one attached hydrogen (secondary N) is 1. The zero-order valence-corrected chi connectivity index (χ0v) is 14.0. The Kier molecular flexibility index (Phi) is 3.84. The summed E-state index contributed by atoms with van der Waals surface area (Å²) in [6.45, 7) is 0. The number of carbonyl (C=O) groups excluding carboxylic acids is 1. The molecule has 1 saturated carbocycles. The highest BCUT2D eigenvalue weighted by molar-refractivity contribution is 6.00. The van der Waals surface area contributed by atoms with Gasteiger partial charge in [-0.2, -0.15) is 0 Å². The third-order valence-electron chi connectivity index (χ3n) is 4.91. The molecule has 5 heteroatoms. The molecule has 2 unspecified atom stereocenters. The molecule has 2 aromatic carbocycles. The van der Waals surface area contributed by atoms with E-state index in [1.807, 2.05) is 71.6 Å². The van der Waals surface area contributed by atoms with Crippen molar-refractivity contribution in [3.8, 4) is 5.69 Å². The quantitative estimate of drug-likeness (QED) is 0.745. The average Bonchev–Trinajstić information content (AvgIpc) is 3.14. The fraction of sp³-hybridized carbons (Fsp3) is 0.143. The minimum absolute atomic E-state index is 0.204. The van der Waals surface area contributed by atoms with Gasteiger partial charge in [0.05, 0.1) is 0 Å². The first-order valence-electron chi connectivity index (χ1n) is 8.44. The Bertz CT molecular complexity index is 933. The molecule has 3 aromatic rings. The van der Waals surface area contributed by atoms with E-state index in [1.54, 1.807) is 12.1 Å². The van der Waals surface area contributed by atoms with Gasteiger partial charge in [-0.25, -0.2) is 4.79 Å². The third-order valence-corrected chi connectivity index (χ3v) is 4.91. The average molecular weight is 346 g/mol. The molecule has 2 atom stereocenters. The second-order valence-corrected chi connectivity index (χ2v) is 6.54. The fourth-order valence-corrected chi connectivity index (χ4v) is 3.35. The first-order chi connectivity index (χ1) is 12.6. The number of carboxylic acid groups (broad SMARTS) is 1. The highest BCUT2D eigenvalue weighted by atomic mass is 16.4. The summed E-state index contributed by atoms with van der Waals surface area (Å²) >= 11 is 0. The number of aromatic nitrogens is 1. The molecule has 0 radical (unpaired) electrons. The molecular weight excluding hydrogens is 328 g/mol. The standard InChI is InChI=1S/C21H18N2O3/c24-19(16-8-10-17(11-9-16)23-12-4-5-13-23)22-21(20(25)26)14-18(21)15-6-2-1-3-7-15/h1-13,18H,14H2,(H,22,24)(H,25,26). The molecule has 130 valence electrons. The number of aliphatic carboxylic acids is 1. The van der Waals surface area contributed by atoms with E-state index in [-0.39, 0.29) is 11.8 Å². The van der Waals surface area contributed by atoms with Crippen LogP contribution in [0.1, 0.15) is 28.3 Å². The molecule has 0 saturated heterocycles.